The van der Waals surface area contributed by atoms with E-state index in [-0.39, 0.29) is 4.90 Å². The Morgan fingerprint density at radius 3 is 2.21 bits per heavy atom. The number of benzene rings is 1. The van der Waals surface area contributed by atoms with Crippen LogP contribution in [0.5, 0.6) is 5.88 Å². The molecule has 3 rings (SSSR count). The second-order valence-electron chi connectivity index (χ2n) is 5.15. The highest BCUT2D eigenvalue weighted by molar-refractivity contribution is 7.90. The Morgan fingerprint density at radius 1 is 1.00 bits per heavy atom. The molecule has 2 aromatic heterocycles. The Kier molecular flexibility index (Phi) is 5.29. The third-order valence-electron chi connectivity index (χ3n) is 3.56. The number of fused-ring (bicyclic) bond motifs is 1. The summed E-state index contributed by atoms with van der Waals surface area (Å²) in [5, 5.41) is 0. The Morgan fingerprint density at radius 2 is 1.62 bits per heavy atom. The van der Waals surface area contributed by atoms with E-state index in [1.807, 2.05) is 27.7 Å². The molecule has 0 amide bonds. The van der Waals surface area contributed by atoms with Crippen molar-refractivity contribution in [3.05, 3.63) is 53.7 Å². The summed E-state index contributed by atoms with van der Waals surface area (Å²) in [6, 6.07) is 10.2. The molecule has 0 unspecified atom stereocenters. The number of ether oxygens (including phenoxy) is 1. The minimum Gasteiger partial charge on any atom is -0.481 e. The molecule has 24 heavy (non-hydrogen) atoms. The van der Waals surface area contributed by atoms with E-state index in [4.69, 9.17) is 4.74 Å². The largest absolute Gasteiger partial charge is 0.481 e. The van der Waals surface area contributed by atoms with Crippen LogP contribution in [0.2, 0.25) is 0 Å². The summed E-state index contributed by atoms with van der Waals surface area (Å²) in [6.07, 6.45) is 1.59. The molecule has 3 aromatic rings. The van der Waals surface area contributed by atoms with Crippen LogP contribution in [0.15, 0.2) is 47.5 Å². The van der Waals surface area contributed by atoms with Crippen molar-refractivity contribution in [2.45, 2.75) is 32.6 Å². The summed E-state index contributed by atoms with van der Waals surface area (Å²) in [7, 11) is -2.11. The normalized spacial score (nSPS) is 11.0. The van der Waals surface area contributed by atoms with Gasteiger partial charge in [-0.15, -0.1) is 0 Å². The molecule has 6 heteroatoms. The Bertz CT molecular complexity index is 942. The van der Waals surface area contributed by atoms with Crippen molar-refractivity contribution < 1.29 is 13.2 Å². The fourth-order valence-electron chi connectivity index (χ4n) is 2.34. The van der Waals surface area contributed by atoms with Crippen molar-refractivity contribution in [2.75, 3.05) is 7.11 Å². The van der Waals surface area contributed by atoms with Crippen LogP contribution in [-0.4, -0.2) is 24.5 Å². The van der Waals surface area contributed by atoms with E-state index < -0.39 is 10.0 Å². The Labute approximate surface area is 143 Å². The van der Waals surface area contributed by atoms with E-state index in [0.717, 1.165) is 11.1 Å². The Hall–Kier alpha value is -2.34. The van der Waals surface area contributed by atoms with Gasteiger partial charge in [0.1, 0.15) is 0 Å². The van der Waals surface area contributed by atoms with Gasteiger partial charge >= 0.3 is 0 Å². The van der Waals surface area contributed by atoms with Gasteiger partial charge < -0.3 is 4.74 Å². The number of hydrogen-bond donors (Lipinski definition) is 0. The first-order valence-corrected chi connectivity index (χ1v) is 9.22. The highest BCUT2D eigenvalue weighted by atomic mass is 32.2. The highest BCUT2D eigenvalue weighted by Gasteiger charge is 2.21. The quantitative estimate of drug-likeness (QED) is 0.721. The van der Waals surface area contributed by atoms with Crippen molar-refractivity contribution >= 4 is 21.1 Å². The smallest absolute Gasteiger partial charge is 0.268 e. The van der Waals surface area contributed by atoms with E-state index in [1.165, 1.54) is 11.1 Å². The number of rotatable bonds is 3. The van der Waals surface area contributed by atoms with Crippen LogP contribution in [-0.2, 0) is 10.0 Å². The maximum Gasteiger partial charge on any atom is 0.268 e. The number of hydrogen-bond acceptors (Lipinski definition) is 4. The molecule has 0 aliphatic carbocycles. The van der Waals surface area contributed by atoms with Gasteiger partial charge in [-0.3, -0.25) is 0 Å². The third kappa shape index (κ3) is 3.14. The molecule has 0 saturated heterocycles. The SMILES string of the molecule is CC.COc1ccc2c(n1)c(C)cn2S(=O)(=O)c1ccc(C)cc1. The highest BCUT2D eigenvalue weighted by Crippen LogP contribution is 2.26. The first-order chi connectivity index (χ1) is 11.4. The van der Waals surface area contributed by atoms with Gasteiger partial charge in [0.05, 0.1) is 23.0 Å². The summed E-state index contributed by atoms with van der Waals surface area (Å²) < 4.78 is 32.0. The second-order valence-corrected chi connectivity index (χ2v) is 6.96. The standard InChI is InChI=1S/C16H16N2O3S.C2H6/c1-11-4-6-13(7-5-11)22(19,20)18-10-12(2)16-14(18)8-9-15(17-16)21-3;1-2/h4-10H,1-3H3;1-2H3. The summed E-state index contributed by atoms with van der Waals surface area (Å²) >= 11 is 0. The van der Waals surface area contributed by atoms with Crippen LogP contribution in [0.25, 0.3) is 11.0 Å². The zero-order chi connectivity index (χ0) is 17.9. The van der Waals surface area contributed by atoms with E-state index in [9.17, 15) is 8.42 Å². The number of nitrogens with zero attached hydrogens (tertiary/aromatic N) is 2. The molecule has 0 bridgehead atoms. The average Bonchev–Trinajstić information content (AvgIpc) is 2.94. The molecule has 1 aromatic carbocycles. The van der Waals surface area contributed by atoms with Gasteiger partial charge in [-0.1, -0.05) is 31.5 Å². The van der Waals surface area contributed by atoms with Crippen LogP contribution in [0.4, 0.5) is 0 Å². The molecule has 0 fully saturated rings. The molecular formula is C18H22N2O3S. The van der Waals surface area contributed by atoms with Gasteiger partial charge in [0.15, 0.2) is 0 Å². The molecule has 128 valence electrons. The molecule has 0 aliphatic rings. The van der Waals surface area contributed by atoms with Gasteiger partial charge in [0.25, 0.3) is 10.0 Å². The topological polar surface area (TPSA) is 61.2 Å². The third-order valence-corrected chi connectivity index (χ3v) is 5.25. The van der Waals surface area contributed by atoms with Crippen LogP contribution < -0.4 is 4.74 Å². The molecule has 0 aliphatic heterocycles. The molecular weight excluding hydrogens is 324 g/mol. The van der Waals surface area contributed by atoms with E-state index >= 15 is 0 Å². The van der Waals surface area contributed by atoms with Crippen molar-refractivity contribution in [2.24, 2.45) is 0 Å². The number of aryl methyl sites for hydroxylation is 2. The zero-order valence-corrected chi connectivity index (χ0v) is 15.4. The van der Waals surface area contributed by atoms with Crippen molar-refractivity contribution in [1.29, 1.82) is 0 Å². The van der Waals surface area contributed by atoms with E-state index in [1.54, 1.807) is 42.6 Å². The summed E-state index contributed by atoms with van der Waals surface area (Å²) in [6.45, 7) is 7.75. The van der Waals surface area contributed by atoms with Crippen LogP contribution in [0.1, 0.15) is 25.0 Å². The maximum absolute atomic E-state index is 12.8. The van der Waals surface area contributed by atoms with Gasteiger partial charge in [-0.05, 0) is 37.6 Å². The number of pyridine rings is 1. The number of methoxy groups -OCH3 is 1. The molecule has 0 saturated carbocycles. The molecule has 5 nitrogen and oxygen atoms in total. The first-order valence-electron chi connectivity index (χ1n) is 7.78. The predicted molar refractivity (Wildman–Crippen MR) is 96.1 cm³/mol. The predicted octanol–water partition coefficient (Wildman–Crippen LogP) is 3.92. The lowest BCUT2D eigenvalue weighted by Crippen LogP contribution is -2.11. The van der Waals surface area contributed by atoms with Crippen LogP contribution >= 0.6 is 0 Å². The molecule has 0 atom stereocenters. The fourth-order valence-corrected chi connectivity index (χ4v) is 3.76. The Balaban J connectivity index is 0.00000100. The summed E-state index contributed by atoms with van der Waals surface area (Å²) in [5.74, 6) is 0.459. The lowest BCUT2D eigenvalue weighted by Gasteiger charge is -2.08. The molecule has 0 spiro atoms. The van der Waals surface area contributed by atoms with Crippen LogP contribution in [0, 0.1) is 13.8 Å². The zero-order valence-electron chi connectivity index (χ0n) is 14.6. The maximum atomic E-state index is 12.8. The van der Waals surface area contributed by atoms with Crippen molar-refractivity contribution in [1.82, 2.24) is 8.96 Å². The minimum atomic E-state index is -3.65. The number of aromatic nitrogens is 2. The van der Waals surface area contributed by atoms with E-state index in [2.05, 4.69) is 4.98 Å². The second kappa shape index (κ2) is 7.05. The van der Waals surface area contributed by atoms with E-state index in [0.29, 0.717) is 16.9 Å². The van der Waals surface area contributed by atoms with Gasteiger partial charge in [-0.25, -0.2) is 17.4 Å². The lowest BCUT2D eigenvalue weighted by atomic mass is 10.2. The molecule has 0 N–H and O–H groups in total. The minimum absolute atomic E-state index is 0.255. The van der Waals surface area contributed by atoms with Crippen LogP contribution in [0.3, 0.4) is 0 Å². The van der Waals surface area contributed by atoms with Gasteiger partial charge in [0.2, 0.25) is 5.88 Å². The molecule has 0 radical (unpaired) electrons. The molecule has 2 heterocycles. The van der Waals surface area contributed by atoms with Crippen molar-refractivity contribution in [3.63, 3.8) is 0 Å². The summed E-state index contributed by atoms with van der Waals surface area (Å²) in [4.78, 5) is 4.58. The fraction of sp³-hybridized carbons (Fsp3) is 0.278. The van der Waals surface area contributed by atoms with Gasteiger partial charge in [0, 0.05) is 12.3 Å². The first kappa shape index (κ1) is 18.0. The summed E-state index contributed by atoms with van der Waals surface area (Å²) in [5.41, 5.74) is 2.96. The average molecular weight is 346 g/mol. The van der Waals surface area contributed by atoms with Crippen molar-refractivity contribution in [3.8, 4) is 5.88 Å². The monoisotopic (exact) mass is 346 g/mol. The lowest BCUT2D eigenvalue weighted by molar-refractivity contribution is 0.399. The van der Waals surface area contributed by atoms with Gasteiger partial charge in [-0.2, -0.15) is 0 Å².